The molecule has 6 heteroatoms. The summed E-state index contributed by atoms with van der Waals surface area (Å²) in [5, 5.41) is 24.0. The molecule has 2 atom stereocenters. The number of aliphatic hydroxyl groups is 1. The molecule has 0 bridgehead atoms. The second-order valence-corrected chi connectivity index (χ2v) is 5.72. The maximum atomic E-state index is 11.0. The lowest BCUT2D eigenvalue weighted by Gasteiger charge is -2.18. The number of hydrogen-bond donors (Lipinski definition) is 3. The lowest BCUT2D eigenvalue weighted by Crippen LogP contribution is -2.34. The Bertz CT molecular complexity index is 480. The second-order valence-electron chi connectivity index (χ2n) is 5.72. The average Bonchev–Trinajstić information content (AvgIpc) is 2.48. The van der Waals surface area contributed by atoms with E-state index in [0.717, 1.165) is 31.2 Å². The first-order chi connectivity index (χ1) is 10.5. The van der Waals surface area contributed by atoms with Crippen molar-refractivity contribution in [3.8, 4) is 0 Å². The third-order valence-corrected chi connectivity index (χ3v) is 3.73. The zero-order valence-corrected chi connectivity index (χ0v) is 13.4. The van der Waals surface area contributed by atoms with E-state index >= 15 is 0 Å². The van der Waals surface area contributed by atoms with Crippen LogP contribution in [0.25, 0.3) is 0 Å². The Morgan fingerprint density at radius 2 is 2.09 bits per heavy atom. The van der Waals surface area contributed by atoms with Crippen molar-refractivity contribution in [3.63, 3.8) is 0 Å². The van der Waals surface area contributed by atoms with Crippen molar-refractivity contribution in [1.82, 2.24) is 0 Å². The predicted octanol–water partition coefficient (Wildman–Crippen LogP) is 2.97. The van der Waals surface area contributed by atoms with Gasteiger partial charge in [0.15, 0.2) is 0 Å². The lowest BCUT2D eigenvalue weighted by atomic mass is 10.0. The van der Waals surface area contributed by atoms with Gasteiger partial charge in [-0.2, -0.15) is 0 Å². The SMILES string of the molecule is CCCCC(O)C(N)CCCNc1cc(C)ccc1[N+](=O)[O-]. The molecule has 0 saturated carbocycles. The molecule has 0 radical (unpaired) electrons. The number of nitro benzene ring substituents is 1. The van der Waals surface area contributed by atoms with Crippen LogP contribution in [0.4, 0.5) is 11.4 Å². The first-order valence-corrected chi connectivity index (χ1v) is 7.88. The van der Waals surface area contributed by atoms with Crippen molar-refractivity contribution in [1.29, 1.82) is 0 Å². The van der Waals surface area contributed by atoms with Crippen molar-refractivity contribution in [2.45, 2.75) is 58.1 Å². The van der Waals surface area contributed by atoms with E-state index in [0.29, 0.717) is 18.7 Å². The van der Waals surface area contributed by atoms with Crippen LogP contribution in [0.5, 0.6) is 0 Å². The highest BCUT2D eigenvalue weighted by Gasteiger charge is 2.15. The van der Waals surface area contributed by atoms with Crippen LogP contribution < -0.4 is 11.1 Å². The van der Waals surface area contributed by atoms with Gasteiger partial charge in [0.1, 0.15) is 5.69 Å². The van der Waals surface area contributed by atoms with Crippen LogP contribution in [0.1, 0.15) is 44.6 Å². The number of anilines is 1. The second kappa shape index (κ2) is 9.38. The summed E-state index contributed by atoms with van der Waals surface area (Å²) in [4.78, 5) is 10.6. The minimum Gasteiger partial charge on any atom is -0.392 e. The van der Waals surface area contributed by atoms with Crippen LogP contribution in [0.15, 0.2) is 18.2 Å². The first-order valence-electron chi connectivity index (χ1n) is 7.88. The van der Waals surface area contributed by atoms with Crippen molar-refractivity contribution in [3.05, 3.63) is 33.9 Å². The Labute approximate surface area is 131 Å². The molecule has 124 valence electrons. The molecule has 0 amide bonds. The Morgan fingerprint density at radius 3 is 2.73 bits per heavy atom. The van der Waals surface area contributed by atoms with Gasteiger partial charge in [0.2, 0.25) is 0 Å². The van der Waals surface area contributed by atoms with Crippen LogP contribution in [-0.4, -0.2) is 28.7 Å². The number of benzene rings is 1. The van der Waals surface area contributed by atoms with Crippen LogP contribution in [0.3, 0.4) is 0 Å². The van der Waals surface area contributed by atoms with Crippen LogP contribution in [-0.2, 0) is 0 Å². The third-order valence-electron chi connectivity index (χ3n) is 3.73. The molecule has 0 aromatic heterocycles. The summed E-state index contributed by atoms with van der Waals surface area (Å²) in [6.45, 7) is 4.57. The average molecular weight is 309 g/mol. The van der Waals surface area contributed by atoms with Crippen molar-refractivity contribution in [2.24, 2.45) is 5.73 Å². The molecule has 0 aliphatic heterocycles. The van der Waals surface area contributed by atoms with Gasteiger partial charge in [0.25, 0.3) is 5.69 Å². The molecule has 4 N–H and O–H groups in total. The fourth-order valence-corrected chi connectivity index (χ4v) is 2.33. The molecule has 1 aromatic carbocycles. The summed E-state index contributed by atoms with van der Waals surface area (Å²) in [7, 11) is 0. The quantitative estimate of drug-likeness (QED) is 0.350. The van der Waals surface area contributed by atoms with E-state index in [4.69, 9.17) is 5.73 Å². The zero-order valence-electron chi connectivity index (χ0n) is 13.4. The van der Waals surface area contributed by atoms with E-state index in [1.165, 1.54) is 6.07 Å². The fourth-order valence-electron chi connectivity index (χ4n) is 2.33. The third kappa shape index (κ3) is 5.99. The van der Waals surface area contributed by atoms with Gasteiger partial charge in [0, 0.05) is 18.7 Å². The van der Waals surface area contributed by atoms with Gasteiger partial charge < -0.3 is 16.2 Å². The number of aliphatic hydroxyl groups excluding tert-OH is 1. The highest BCUT2D eigenvalue weighted by Crippen LogP contribution is 2.25. The molecule has 1 rings (SSSR count). The topological polar surface area (TPSA) is 101 Å². The lowest BCUT2D eigenvalue weighted by molar-refractivity contribution is -0.384. The number of hydrogen-bond acceptors (Lipinski definition) is 5. The number of nitrogens with zero attached hydrogens (tertiary/aromatic N) is 1. The summed E-state index contributed by atoms with van der Waals surface area (Å²) in [6, 6.07) is 4.77. The highest BCUT2D eigenvalue weighted by molar-refractivity contribution is 5.62. The van der Waals surface area contributed by atoms with Crippen molar-refractivity contribution < 1.29 is 10.0 Å². The standard InChI is InChI=1S/C16H27N3O3/c1-3-4-7-16(20)13(17)6-5-10-18-14-11-12(2)8-9-15(14)19(21)22/h8-9,11,13,16,18,20H,3-7,10,17H2,1-2H3. The van der Waals surface area contributed by atoms with E-state index < -0.39 is 6.10 Å². The monoisotopic (exact) mass is 309 g/mol. The van der Waals surface area contributed by atoms with E-state index in [-0.39, 0.29) is 16.7 Å². The molecule has 2 unspecified atom stereocenters. The van der Waals surface area contributed by atoms with Gasteiger partial charge in [-0.15, -0.1) is 0 Å². The van der Waals surface area contributed by atoms with Crippen molar-refractivity contribution in [2.75, 3.05) is 11.9 Å². The summed E-state index contributed by atoms with van der Waals surface area (Å²) in [6.07, 6.45) is 3.74. The Balaban J connectivity index is 2.41. The smallest absolute Gasteiger partial charge is 0.292 e. The summed E-state index contributed by atoms with van der Waals surface area (Å²) in [5.41, 5.74) is 7.54. The van der Waals surface area contributed by atoms with Crippen LogP contribution >= 0.6 is 0 Å². The molecule has 22 heavy (non-hydrogen) atoms. The molecular formula is C16H27N3O3. The number of nitrogens with two attached hydrogens (primary N) is 1. The van der Waals surface area contributed by atoms with Crippen LogP contribution in [0.2, 0.25) is 0 Å². The zero-order chi connectivity index (χ0) is 16.5. The molecule has 1 aromatic rings. The number of nitro groups is 1. The number of rotatable bonds is 10. The van der Waals surface area contributed by atoms with Gasteiger partial charge in [0.05, 0.1) is 11.0 Å². The Hall–Kier alpha value is -1.66. The molecule has 0 spiro atoms. The molecule has 0 aliphatic rings. The fraction of sp³-hybridized carbons (Fsp3) is 0.625. The van der Waals surface area contributed by atoms with Gasteiger partial charge in [-0.3, -0.25) is 10.1 Å². The van der Waals surface area contributed by atoms with Gasteiger partial charge >= 0.3 is 0 Å². The minimum atomic E-state index is -0.465. The van der Waals surface area contributed by atoms with Crippen molar-refractivity contribution >= 4 is 11.4 Å². The molecule has 0 fully saturated rings. The largest absolute Gasteiger partial charge is 0.392 e. The van der Waals surface area contributed by atoms with Gasteiger partial charge in [-0.25, -0.2) is 0 Å². The Morgan fingerprint density at radius 1 is 1.36 bits per heavy atom. The molecule has 6 nitrogen and oxygen atoms in total. The van der Waals surface area contributed by atoms with E-state index in [1.54, 1.807) is 12.1 Å². The van der Waals surface area contributed by atoms with E-state index in [2.05, 4.69) is 12.2 Å². The maximum Gasteiger partial charge on any atom is 0.292 e. The molecule has 0 aliphatic carbocycles. The molecule has 0 saturated heterocycles. The van der Waals surface area contributed by atoms with Gasteiger partial charge in [-0.1, -0.05) is 25.8 Å². The van der Waals surface area contributed by atoms with E-state index in [9.17, 15) is 15.2 Å². The summed E-state index contributed by atoms with van der Waals surface area (Å²) in [5.74, 6) is 0. The molecular weight excluding hydrogens is 282 g/mol. The Kier molecular flexibility index (Phi) is 7.84. The van der Waals surface area contributed by atoms with Gasteiger partial charge in [-0.05, 0) is 37.8 Å². The van der Waals surface area contributed by atoms with E-state index in [1.807, 2.05) is 6.92 Å². The van der Waals surface area contributed by atoms with Crippen LogP contribution in [0, 0.1) is 17.0 Å². The summed E-state index contributed by atoms with van der Waals surface area (Å²) < 4.78 is 0. The normalized spacial score (nSPS) is 13.6. The minimum absolute atomic E-state index is 0.0814. The predicted molar refractivity (Wildman–Crippen MR) is 89.1 cm³/mol. The number of aryl methyl sites for hydroxylation is 1. The highest BCUT2D eigenvalue weighted by atomic mass is 16.6. The molecule has 0 heterocycles. The summed E-state index contributed by atoms with van der Waals surface area (Å²) >= 11 is 0. The first kappa shape index (κ1) is 18.4. The number of unbranched alkanes of at least 4 members (excludes halogenated alkanes) is 1. The number of nitrogens with one attached hydrogen (secondary N) is 1. The maximum absolute atomic E-state index is 11.0.